The molecule has 1 fully saturated rings. The van der Waals surface area contributed by atoms with Crippen molar-refractivity contribution in [3.8, 4) is 0 Å². The second kappa shape index (κ2) is 5.53. The number of carbonyl (C=O) groups excluding carboxylic acids is 1. The maximum absolute atomic E-state index is 11.9. The fourth-order valence-electron chi connectivity index (χ4n) is 1.78. The van der Waals surface area contributed by atoms with Crippen LogP contribution in [0.4, 0.5) is 0 Å². The SMILES string of the molecule is NC(=NO)c1cccc(C(=O)NCCC2CC2)c1. The van der Waals surface area contributed by atoms with Crippen LogP contribution in [0.2, 0.25) is 0 Å². The Hall–Kier alpha value is -2.04. The number of hydrogen-bond acceptors (Lipinski definition) is 3. The maximum atomic E-state index is 11.9. The van der Waals surface area contributed by atoms with Crippen molar-refractivity contribution in [2.75, 3.05) is 6.54 Å². The minimum atomic E-state index is -0.122. The molecule has 0 unspecified atom stereocenters. The van der Waals surface area contributed by atoms with Gasteiger partial charge in [0.1, 0.15) is 0 Å². The number of carbonyl (C=O) groups is 1. The highest BCUT2D eigenvalue weighted by Gasteiger charge is 2.20. The number of amidine groups is 1. The molecule has 4 N–H and O–H groups in total. The summed E-state index contributed by atoms with van der Waals surface area (Å²) < 4.78 is 0. The van der Waals surface area contributed by atoms with Gasteiger partial charge in [-0.3, -0.25) is 4.79 Å². The summed E-state index contributed by atoms with van der Waals surface area (Å²) in [6, 6.07) is 6.72. The van der Waals surface area contributed by atoms with Gasteiger partial charge in [-0.15, -0.1) is 0 Å². The standard InChI is InChI=1S/C13H17N3O2/c14-12(16-18)10-2-1-3-11(8-10)13(17)15-7-6-9-4-5-9/h1-3,8-9,18H,4-7H2,(H2,14,16)(H,15,17). The minimum Gasteiger partial charge on any atom is -0.409 e. The molecule has 0 aromatic heterocycles. The normalized spacial score (nSPS) is 15.4. The zero-order chi connectivity index (χ0) is 13.0. The Bertz CT molecular complexity index is 467. The fraction of sp³-hybridized carbons (Fsp3) is 0.385. The number of nitrogens with zero attached hydrogens (tertiary/aromatic N) is 1. The summed E-state index contributed by atoms with van der Waals surface area (Å²) in [5.41, 5.74) is 6.54. The Balaban J connectivity index is 1.95. The van der Waals surface area contributed by atoms with E-state index in [1.165, 1.54) is 12.8 Å². The lowest BCUT2D eigenvalue weighted by molar-refractivity contribution is 0.0952. The van der Waals surface area contributed by atoms with E-state index in [2.05, 4.69) is 10.5 Å². The molecule has 0 saturated heterocycles. The van der Waals surface area contributed by atoms with Crippen molar-refractivity contribution in [3.05, 3.63) is 35.4 Å². The maximum Gasteiger partial charge on any atom is 0.251 e. The van der Waals surface area contributed by atoms with Crippen molar-refractivity contribution < 1.29 is 10.0 Å². The predicted octanol–water partition coefficient (Wildman–Crippen LogP) is 1.31. The van der Waals surface area contributed by atoms with Crippen LogP contribution in [0.5, 0.6) is 0 Å². The second-order valence-corrected chi connectivity index (χ2v) is 4.55. The third-order valence-corrected chi connectivity index (χ3v) is 3.06. The van der Waals surface area contributed by atoms with Crippen molar-refractivity contribution in [2.24, 2.45) is 16.8 Å². The van der Waals surface area contributed by atoms with Crippen LogP contribution in [-0.4, -0.2) is 23.5 Å². The van der Waals surface area contributed by atoms with Gasteiger partial charge in [0.2, 0.25) is 0 Å². The first-order valence-electron chi connectivity index (χ1n) is 6.07. The Labute approximate surface area is 106 Å². The first-order valence-corrected chi connectivity index (χ1v) is 6.07. The van der Waals surface area contributed by atoms with Crippen LogP contribution >= 0.6 is 0 Å². The highest BCUT2D eigenvalue weighted by Crippen LogP contribution is 2.31. The van der Waals surface area contributed by atoms with E-state index in [1.54, 1.807) is 24.3 Å². The molecule has 0 bridgehead atoms. The summed E-state index contributed by atoms with van der Waals surface area (Å²) in [6.45, 7) is 0.706. The second-order valence-electron chi connectivity index (χ2n) is 4.55. The first kappa shape index (κ1) is 12.4. The Kier molecular flexibility index (Phi) is 3.82. The largest absolute Gasteiger partial charge is 0.409 e. The van der Waals surface area contributed by atoms with Gasteiger partial charge in [-0.2, -0.15) is 0 Å². The molecule has 1 saturated carbocycles. The van der Waals surface area contributed by atoms with E-state index in [-0.39, 0.29) is 11.7 Å². The van der Waals surface area contributed by atoms with Gasteiger partial charge in [0.05, 0.1) is 0 Å². The molecule has 1 aliphatic rings. The Morgan fingerprint density at radius 2 is 2.17 bits per heavy atom. The van der Waals surface area contributed by atoms with Gasteiger partial charge in [-0.05, 0) is 24.5 Å². The molecule has 0 radical (unpaired) electrons. The number of hydrogen-bond donors (Lipinski definition) is 3. The summed E-state index contributed by atoms with van der Waals surface area (Å²) in [5, 5.41) is 14.4. The number of amides is 1. The molecule has 1 aromatic carbocycles. The number of benzene rings is 1. The summed E-state index contributed by atoms with van der Waals surface area (Å²) in [7, 11) is 0. The summed E-state index contributed by atoms with van der Waals surface area (Å²) in [5.74, 6) is 0.680. The van der Waals surface area contributed by atoms with Crippen LogP contribution in [0.15, 0.2) is 29.4 Å². The van der Waals surface area contributed by atoms with Gasteiger partial charge in [0.15, 0.2) is 5.84 Å². The molecule has 5 heteroatoms. The van der Waals surface area contributed by atoms with Crippen LogP contribution in [0.1, 0.15) is 35.2 Å². The summed E-state index contributed by atoms with van der Waals surface area (Å²) in [4.78, 5) is 11.9. The van der Waals surface area contributed by atoms with E-state index in [4.69, 9.17) is 10.9 Å². The molecule has 1 aliphatic carbocycles. The minimum absolute atomic E-state index is 0.00244. The zero-order valence-electron chi connectivity index (χ0n) is 10.1. The van der Waals surface area contributed by atoms with Gasteiger partial charge >= 0.3 is 0 Å². The van der Waals surface area contributed by atoms with Crippen molar-refractivity contribution in [2.45, 2.75) is 19.3 Å². The van der Waals surface area contributed by atoms with E-state index in [1.807, 2.05) is 0 Å². The highest BCUT2D eigenvalue weighted by atomic mass is 16.4. The molecule has 0 spiro atoms. The smallest absolute Gasteiger partial charge is 0.251 e. The Morgan fingerprint density at radius 1 is 1.44 bits per heavy atom. The van der Waals surface area contributed by atoms with Crippen LogP contribution in [0.3, 0.4) is 0 Å². The van der Waals surface area contributed by atoms with Crippen LogP contribution < -0.4 is 11.1 Å². The number of nitrogens with one attached hydrogen (secondary N) is 1. The average Bonchev–Trinajstić information content (AvgIpc) is 3.22. The van der Waals surface area contributed by atoms with Gasteiger partial charge in [-0.25, -0.2) is 0 Å². The summed E-state index contributed by atoms with van der Waals surface area (Å²) >= 11 is 0. The zero-order valence-corrected chi connectivity index (χ0v) is 10.1. The molecular formula is C13H17N3O2. The van der Waals surface area contributed by atoms with Crippen LogP contribution in [0.25, 0.3) is 0 Å². The number of rotatable bonds is 5. The molecule has 0 aliphatic heterocycles. The monoisotopic (exact) mass is 247 g/mol. The third-order valence-electron chi connectivity index (χ3n) is 3.06. The van der Waals surface area contributed by atoms with Crippen molar-refractivity contribution in [1.29, 1.82) is 0 Å². The molecule has 1 aromatic rings. The Morgan fingerprint density at radius 3 is 2.83 bits per heavy atom. The van der Waals surface area contributed by atoms with Gasteiger partial charge in [0.25, 0.3) is 5.91 Å². The van der Waals surface area contributed by atoms with E-state index in [9.17, 15) is 4.79 Å². The molecule has 96 valence electrons. The van der Waals surface area contributed by atoms with E-state index < -0.39 is 0 Å². The third kappa shape index (κ3) is 3.23. The predicted molar refractivity (Wildman–Crippen MR) is 68.6 cm³/mol. The number of nitrogens with two attached hydrogens (primary N) is 1. The van der Waals surface area contributed by atoms with Crippen molar-refractivity contribution >= 4 is 11.7 Å². The molecule has 0 heterocycles. The summed E-state index contributed by atoms with van der Waals surface area (Å²) in [6.07, 6.45) is 3.62. The first-order chi connectivity index (χ1) is 8.70. The van der Waals surface area contributed by atoms with Crippen LogP contribution in [0, 0.1) is 5.92 Å². The lowest BCUT2D eigenvalue weighted by Crippen LogP contribution is -2.25. The van der Waals surface area contributed by atoms with Crippen molar-refractivity contribution in [3.63, 3.8) is 0 Å². The molecule has 5 nitrogen and oxygen atoms in total. The molecule has 0 atom stereocenters. The molecule has 1 amide bonds. The van der Waals surface area contributed by atoms with Gasteiger partial charge in [-0.1, -0.05) is 30.1 Å². The quantitative estimate of drug-likeness (QED) is 0.317. The fourth-order valence-corrected chi connectivity index (χ4v) is 1.78. The van der Waals surface area contributed by atoms with Crippen molar-refractivity contribution in [1.82, 2.24) is 5.32 Å². The molecular weight excluding hydrogens is 230 g/mol. The van der Waals surface area contributed by atoms with Gasteiger partial charge in [0, 0.05) is 17.7 Å². The van der Waals surface area contributed by atoms with E-state index >= 15 is 0 Å². The van der Waals surface area contributed by atoms with Gasteiger partial charge < -0.3 is 16.3 Å². The lowest BCUT2D eigenvalue weighted by atomic mass is 10.1. The van der Waals surface area contributed by atoms with Crippen LogP contribution in [-0.2, 0) is 0 Å². The topological polar surface area (TPSA) is 87.7 Å². The number of oxime groups is 1. The van der Waals surface area contributed by atoms with E-state index in [0.29, 0.717) is 17.7 Å². The lowest BCUT2D eigenvalue weighted by Gasteiger charge is -2.06. The molecule has 2 rings (SSSR count). The highest BCUT2D eigenvalue weighted by molar-refractivity contribution is 6.01. The van der Waals surface area contributed by atoms with E-state index in [0.717, 1.165) is 12.3 Å². The average molecular weight is 247 g/mol. The molecule has 18 heavy (non-hydrogen) atoms.